The molecule has 0 aromatic rings. The third-order valence-electron chi connectivity index (χ3n) is 1.29. The predicted octanol–water partition coefficient (Wildman–Crippen LogP) is 1.26. The van der Waals surface area contributed by atoms with E-state index in [1.165, 1.54) is 6.42 Å². The fourth-order valence-electron chi connectivity index (χ4n) is 0.735. The molecule has 0 aromatic heterocycles. The molecule has 0 amide bonds. The van der Waals surface area contributed by atoms with Crippen LogP contribution < -0.4 is 5.73 Å². The number of allylic oxidation sites excluding steroid dienone is 2. The van der Waals surface area contributed by atoms with E-state index in [1.807, 2.05) is 6.08 Å². The van der Waals surface area contributed by atoms with Crippen molar-refractivity contribution in [2.45, 2.75) is 25.7 Å². The second kappa shape index (κ2) is 8.37. The molecule has 2 nitrogen and oxygen atoms in total. The van der Waals surface area contributed by atoms with Crippen LogP contribution in [-0.2, 0) is 4.79 Å². The molecule has 0 fully saturated rings. The highest BCUT2D eigenvalue weighted by molar-refractivity contribution is 5.64. The Hall–Kier alpha value is -0.630. The maximum Gasteiger partial charge on any atom is 0.142 e. The molecule has 0 heterocycles. The zero-order valence-corrected chi connectivity index (χ0v) is 6.25. The molecule has 10 heavy (non-hydrogen) atoms. The summed E-state index contributed by atoms with van der Waals surface area (Å²) in [5.41, 5.74) is 5.30. The van der Waals surface area contributed by atoms with Crippen LogP contribution in [0.1, 0.15) is 25.7 Å². The molecule has 0 aliphatic carbocycles. The Morgan fingerprint density at radius 1 is 1.20 bits per heavy atom. The van der Waals surface area contributed by atoms with E-state index in [-0.39, 0.29) is 0 Å². The standard InChI is InChI=1S/C8H15NO/c9-7-5-3-1-2-4-6-8-10/h4,6,8H,1-3,5,7,9H2. The first-order valence-corrected chi connectivity index (χ1v) is 3.72. The van der Waals surface area contributed by atoms with Crippen molar-refractivity contribution in [3.63, 3.8) is 0 Å². The van der Waals surface area contributed by atoms with E-state index in [0.717, 1.165) is 32.1 Å². The Kier molecular flexibility index (Phi) is 7.84. The quantitative estimate of drug-likeness (QED) is 0.344. The second-order valence-corrected chi connectivity index (χ2v) is 2.20. The van der Waals surface area contributed by atoms with Gasteiger partial charge >= 0.3 is 0 Å². The Bertz CT molecular complexity index is 99.4. The first-order chi connectivity index (χ1) is 4.91. The van der Waals surface area contributed by atoms with E-state index < -0.39 is 0 Å². The van der Waals surface area contributed by atoms with Crippen LogP contribution in [0, 0.1) is 0 Å². The fraction of sp³-hybridized carbons (Fsp3) is 0.625. The lowest BCUT2D eigenvalue weighted by atomic mass is 10.2. The van der Waals surface area contributed by atoms with E-state index in [4.69, 9.17) is 5.73 Å². The molecular weight excluding hydrogens is 126 g/mol. The highest BCUT2D eigenvalue weighted by atomic mass is 16.1. The number of unbranched alkanes of at least 4 members (excludes halogenated alkanes) is 3. The van der Waals surface area contributed by atoms with Gasteiger partial charge < -0.3 is 5.73 Å². The summed E-state index contributed by atoms with van der Waals surface area (Å²) in [5.74, 6) is 0. The SMILES string of the molecule is NCCCCCC=CC=O. The minimum atomic E-state index is 0.775. The van der Waals surface area contributed by atoms with Crippen molar-refractivity contribution < 1.29 is 4.79 Å². The molecule has 0 spiro atoms. The zero-order valence-electron chi connectivity index (χ0n) is 6.25. The van der Waals surface area contributed by atoms with E-state index in [2.05, 4.69) is 0 Å². The number of carbonyl (C=O) groups excluding carboxylic acids is 1. The molecule has 0 rings (SSSR count). The van der Waals surface area contributed by atoms with Gasteiger partial charge in [-0.05, 0) is 31.9 Å². The minimum Gasteiger partial charge on any atom is -0.330 e. The summed E-state index contributed by atoms with van der Waals surface area (Å²) in [6, 6.07) is 0. The molecule has 0 unspecified atom stereocenters. The molecule has 0 saturated carbocycles. The summed E-state index contributed by atoms with van der Waals surface area (Å²) >= 11 is 0. The van der Waals surface area contributed by atoms with Gasteiger partial charge in [0.15, 0.2) is 0 Å². The van der Waals surface area contributed by atoms with Crippen LogP contribution in [-0.4, -0.2) is 12.8 Å². The van der Waals surface area contributed by atoms with Crippen LogP contribution in [0.2, 0.25) is 0 Å². The number of carbonyl (C=O) groups is 1. The number of hydrogen-bond donors (Lipinski definition) is 1. The molecule has 2 heteroatoms. The zero-order chi connectivity index (χ0) is 7.66. The van der Waals surface area contributed by atoms with E-state index in [1.54, 1.807) is 6.08 Å². The van der Waals surface area contributed by atoms with Gasteiger partial charge in [-0.1, -0.05) is 12.5 Å². The summed E-state index contributed by atoms with van der Waals surface area (Å²) in [6.07, 6.45) is 8.64. The van der Waals surface area contributed by atoms with Crippen molar-refractivity contribution in [1.82, 2.24) is 0 Å². The van der Waals surface area contributed by atoms with Gasteiger partial charge in [0.1, 0.15) is 6.29 Å². The minimum absolute atomic E-state index is 0.775. The van der Waals surface area contributed by atoms with Crippen LogP contribution in [0.5, 0.6) is 0 Å². The third kappa shape index (κ3) is 7.37. The monoisotopic (exact) mass is 141 g/mol. The van der Waals surface area contributed by atoms with Crippen LogP contribution in [0.4, 0.5) is 0 Å². The van der Waals surface area contributed by atoms with Gasteiger partial charge in [-0.25, -0.2) is 0 Å². The van der Waals surface area contributed by atoms with Crippen LogP contribution in [0.25, 0.3) is 0 Å². The second-order valence-electron chi connectivity index (χ2n) is 2.20. The van der Waals surface area contributed by atoms with E-state index in [0.29, 0.717) is 0 Å². The van der Waals surface area contributed by atoms with Gasteiger partial charge in [0.05, 0.1) is 0 Å². The first kappa shape index (κ1) is 9.37. The van der Waals surface area contributed by atoms with E-state index >= 15 is 0 Å². The van der Waals surface area contributed by atoms with Crippen molar-refractivity contribution in [3.8, 4) is 0 Å². The first-order valence-electron chi connectivity index (χ1n) is 3.72. The van der Waals surface area contributed by atoms with Gasteiger partial charge in [-0.2, -0.15) is 0 Å². The molecule has 0 aliphatic heterocycles. The largest absolute Gasteiger partial charge is 0.330 e. The Balaban J connectivity index is 2.90. The van der Waals surface area contributed by atoms with Gasteiger partial charge in [-0.3, -0.25) is 4.79 Å². The number of rotatable bonds is 6. The lowest BCUT2D eigenvalue weighted by Crippen LogP contribution is -1.97. The topological polar surface area (TPSA) is 43.1 Å². The van der Waals surface area contributed by atoms with Crippen molar-refractivity contribution in [2.24, 2.45) is 5.73 Å². The molecule has 0 aliphatic rings. The van der Waals surface area contributed by atoms with Crippen LogP contribution >= 0.6 is 0 Å². The van der Waals surface area contributed by atoms with Crippen molar-refractivity contribution in [2.75, 3.05) is 6.54 Å². The maximum atomic E-state index is 9.79. The number of aldehydes is 1. The van der Waals surface area contributed by atoms with Gasteiger partial charge in [0, 0.05) is 0 Å². The van der Waals surface area contributed by atoms with Crippen molar-refractivity contribution >= 4 is 6.29 Å². The molecule has 0 radical (unpaired) electrons. The Labute approximate surface area is 62.1 Å². The van der Waals surface area contributed by atoms with Crippen molar-refractivity contribution in [1.29, 1.82) is 0 Å². The fourth-order valence-corrected chi connectivity index (χ4v) is 0.735. The van der Waals surface area contributed by atoms with E-state index in [9.17, 15) is 4.79 Å². The average molecular weight is 141 g/mol. The molecule has 58 valence electrons. The highest BCUT2D eigenvalue weighted by Gasteiger charge is 1.82. The van der Waals surface area contributed by atoms with Gasteiger partial charge in [0.2, 0.25) is 0 Å². The number of hydrogen-bond acceptors (Lipinski definition) is 2. The number of nitrogens with two attached hydrogens (primary N) is 1. The highest BCUT2D eigenvalue weighted by Crippen LogP contribution is 1.98. The molecule has 2 N–H and O–H groups in total. The average Bonchev–Trinajstić information content (AvgIpc) is 1.97. The Morgan fingerprint density at radius 2 is 2.00 bits per heavy atom. The summed E-state index contributed by atoms with van der Waals surface area (Å²) in [7, 11) is 0. The molecule has 0 atom stereocenters. The van der Waals surface area contributed by atoms with Gasteiger partial charge in [-0.15, -0.1) is 0 Å². The lowest BCUT2D eigenvalue weighted by Gasteiger charge is -1.92. The predicted molar refractivity (Wildman–Crippen MR) is 42.7 cm³/mol. The van der Waals surface area contributed by atoms with Crippen molar-refractivity contribution in [3.05, 3.63) is 12.2 Å². The van der Waals surface area contributed by atoms with Gasteiger partial charge in [0.25, 0.3) is 0 Å². The Morgan fingerprint density at radius 3 is 2.60 bits per heavy atom. The molecular formula is C8H15NO. The summed E-state index contributed by atoms with van der Waals surface area (Å²) in [5, 5.41) is 0. The normalized spacial score (nSPS) is 10.5. The molecule has 0 saturated heterocycles. The summed E-state index contributed by atoms with van der Waals surface area (Å²) in [6.45, 7) is 0.775. The molecule has 0 bridgehead atoms. The molecule has 0 aromatic carbocycles. The van der Waals surface area contributed by atoms with Crippen LogP contribution in [0.3, 0.4) is 0 Å². The smallest absolute Gasteiger partial charge is 0.142 e. The third-order valence-corrected chi connectivity index (χ3v) is 1.29. The maximum absolute atomic E-state index is 9.79. The lowest BCUT2D eigenvalue weighted by molar-refractivity contribution is -0.104. The summed E-state index contributed by atoms with van der Waals surface area (Å²) < 4.78 is 0. The summed E-state index contributed by atoms with van der Waals surface area (Å²) in [4.78, 5) is 9.79. The van der Waals surface area contributed by atoms with Crippen LogP contribution in [0.15, 0.2) is 12.2 Å².